The molecule has 0 aliphatic carbocycles. The van der Waals surface area contributed by atoms with Crippen molar-refractivity contribution >= 4 is 41.0 Å². The average Bonchev–Trinajstić information content (AvgIpc) is 3.34. The molecule has 3 saturated heterocycles. The highest BCUT2D eigenvalue weighted by atomic mass is 32.2. The van der Waals surface area contributed by atoms with E-state index in [4.69, 9.17) is 0 Å². The van der Waals surface area contributed by atoms with Crippen molar-refractivity contribution < 1.29 is 19.5 Å². The van der Waals surface area contributed by atoms with Gasteiger partial charge < -0.3 is 30.0 Å². The third kappa shape index (κ3) is 7.12. The number of aliphatic hydroxyl groups is 1. The molecule has 3 fully saturated rings. The van der Waals surface area contributed by atoms with E-state index in [0.717, 1.165) is 67.7 Å². The van der Waals surface area contributed by atoms with Gasteiger partial charge in [0.1, 0.15) is 5.37 Å². The molecule has 9 nitrogen and oxygen atoms in total. The second-order valence-electron chi connectivity index (χ2n) is 14.1. The van der Waals surface area contributed by atoms with Crippen LogP contribution >= 0.6 is 11.8 Å². The number of amides is 4. The summed E-state index contributed by atoms with van der Waals surface area (Å²) in [5, 5.41) is 12.5. The van der Waals surface area contributed by atoms with Gasteiger partial charge >= 0.3 is 6.03 Å². The summed E-state index contributed by atoms with van der Waals surface area (Å²) in [5.74, 6) is 0.0625. The number of para-hydroxylation sites is 2. The molecule has 6 rings (SSSR count). The van der Waals surface area contributed by atoms with E-state index in [2.05, 4.69) is 43.1 Å². The Bertz CT molecular complexity index is 1400. The van der Waals surface area contributed by atoms with Crippen LogP contribution in [0.5, 0.6) is 0 Å². The number of likely N-dealkylation sites (tertiary alicyclic amines) is 1. The molecule has 2 aromatic rings. The molecule has 0 radical (unpaired) electrons. The van der Waals surface area contributed by atoms with Crippen LogP contribution in [-0.2, 0) is 16.1 Å². The van der Waals surface area contributed by atoms with Crippen LogP contribution in [-0.4, -0.2) is 87.8 Å². The summed E-state index contributed by atoms with van der Waals surface area (Å²) < 4.78 is 0. The zero-order valence-electron chi connectivity index (χ0n) is 26.8. The van der Waals surface area contributed by atoms with Gasteiger partial charge in [-0.25, -0.2) is 4.79 Å². The van der Waals surface area contributed by atoms with Gasteiger partial charge in [-0.05, 0) is 55.2 Å². The minimum absolute atomic E-state index is 0.0162. The van der Waals surface area contributed by atoms with Crippen LogP contribution in [0, 0.1) is 5.41 Å². The van der Waals surface area contributed by atoms with Crippen molar-refractivity contribution in [2.75, 3.05) is 42.9 Å². The number of piperidine rings is 2. The highest BCUT2D eigenvalue weighted by molar-refractivity contribution is 8.01. The molecular weight excluding hydrogens is 586 g/mol. The Morgan fingerprint density at radius 2 is 1.64 bits per heavy atom. The van der Waals surface area contributed by atoms with Gasteiger partial charge in [0.05, 0.1) is 11.4 Å². The summed E-state index contributed by atoms with van der Waals surface area (Å²) in [6.07, 6.45) is 3.73. The van der Waals surface area contributed by atoms with Gasteiger partial charge in [0.25, 0.3) is 0 Å². The number of fused-ring (bicyclic) bond motifs is 1. The number of hydrogen-bond acceptors (Lipinski definition) is 6. The Balaban J connectivity index is 1.12. The van der Waals surface area contributed by atoms with Crippen LogP contribution in [0.25, 0.3) is 0 Å². The van der Waals surface area contributed by atoms with Crippen molar-refractivity contribution in [3.8, 4) is 0 Å². The lowest BCUT2D eigenvalue weighted by molar-refractivity contribution is -0.137. The van der Waals surface area contributed by atoms with Gasteiger partial charge in [0.2, 0.25) is 11.8 Å². The summed E-state index contributed by atoms with van der Waals surface area (Å²) in [4.78, 5) is 48.6. The summed E-state index contributed by atoms with van der Waals surface area (Å²) in [6.45, 7) is 10.6. The van der Waals surface area contributed by atoms with Gasteiger partial charge in [-0.3, -0.25) is 9.59 Å². The predicted molar refractivity (Wildman–Crippen MR) is 179 cm³/mol. The summed E-state index contributed by atoms with van der Waals surface area (Å²) in [5.41, 5.74) is 4.28. The minimum Gasteiger partial charge on any atom is -0.393 e. The quantitative estimate of drug-likeness (QED) is 0.421. The first-order valence-corrected chi connectivity index (χ1v) is 17.4. The molecule has 45 heavy (non-hydrogen) atoms. The topological polar surface area (TPSA) is 96.4 Å². The number of urea groups is 1. The molecule has 242 valence electrons. The second-order valence-corrected chi connectivity index (χ2v) is 15.4. The normalized spacial score (nSPS) is 23.4. The number of carbonyl (C=O) groups is 3. The van der Waals surface area contributed by atoms with Crippen LogP contribution in [0.1, 0.15) is 75.8 Å². The van der Waals surface area contributed by atoms with Crippen molar-refractivity contribution in [1.82, 2.24) is 14.7 Å². The molecule has 2 atom stereocenters. The van der Waals surface area contributed by atoms with Crippen LogP contribution in [0.2, 0.25) is 0 Å². The van der Waals surface area contributed by atoms with Gasteiger partial charge in [0, 0.05) is 68.7 Å². The molecule has 0 saturated carbocycles. The number of rotatable bonds is 7. The highest BCUT2D eigenvalue weighted by Gasteiger charge is 2.44. The summed E-state index contributed by atoms with van der Waals surface area (Å²) >= 11 is 1.61. The fourth-order valence-corrected chi connectivity index (χ4v) is 8.47. The molecule has 4 aliphatic heterocycles. The molecule has 2 aromatic carbocycles. The molecule has 2 unspecified atom stereocenters. The fourth-order valence-electron chi connectivity index (χ4n) is 6.97. The van der Waals surface area contributed by atoms with Crippen LogP contribution in [0.4, 0.5) is 16.2 Å². The van der Waals surface area contributed by atoms with Crippen molar-refractivity contribution in [3.63, 3.8) is 0 Å². The molecule has 0 bridgehead atoms. The van der Waals surface area contributed by atoms with Crippen molar-refractivity contribution in [1.29, 1.82) is 0 Å². The third-order valence-electron chi connectivity index (χ3n) is 9.72. The smallest absolute Gasteiger partial charge is 0.322 e. The van der Waals surface area contributed by atoms with Crippen molar-refractivity contribution in [2.24, 2.45) is 5.41 Å². The van der Waals surface area contributed by atoms with E-state index in [1.54, 1.807) is 11.8 Å². The number of benzene rings is 2. The molecule has 0 aromatic heterocycles. The highest BCUT2D eigenvalue weighted by Crippen LogP contribution is 2.48. The minimum atomic E-state index is -0.430. The molecule has 4 amide bonds. The van der Waals surface area contributed by atoms with Crippen LogP contribution < -0.4 is 10.2 Å². The van der Waals surface area contributed by atoms with Crippen LogP contribution in [0.3, 0.4) is 0 Å². The maximum absolute atomic E-state index is 14.0. The SMILES string of the molecule is CC(C)(C)CCN1C(=O)C(CC(=O)N2CCC(N3Cc4ccccc4NC3=O)CC2)SC1c1ccccc1N1CCC(O)CC1. The standard InChI is InChI=1S/C35H47N5O4S/c1-35(2,3)16-21-39-32(43)30(45-33(39)27-9-5-7-11-29(27)37-19-14-26(41)15-20-37)22-31(42)38-17-12-25(13-18-38)40-23-24-8-4-6-10-28(24)36-34(40)44/h4-11,25-26,30,33,41H,12-23H2,1-3H3,(H,36,44). The molecule has 4 heterocycles. The van der Waals surface area contributed by atoms with E-state index >= 15 is 0 Å². The molecular formula is C35H47N5O4S. The molecule has 0 spiro atoms. The van der Waals surface area contributed by atoms with Gasteiger partial charge in [-0.15, -0.1) is 11.8 Å². The monoisotopic (exact) mass is 633 g/mol. The molecule has 4 aliphatic rings. The lowest BCUT2D eigenvalue weighted by Gasteiger charge is -2.40. The second kappa shape index (κ2) is 13.2. The Labute approximate surface area is 271 Å². The summed E-state index contributed by atoms with van der Waals surface area (Å²) in [7, 11) is 0. The number of hydrogen-bond donors (Lipinski definition) is 2. The van der Waals surface area contributed by atoms with Gasteiger partial charge in [-0.2, -0.15) is 0 Å². The number of aliphatic hydroxyl groups excluding tert-OH is 1. The van der Waals surface area contributed by atoms with Crippen LogP contribution in [0.15, 0.2) is 48.5 Å². The fraction of sp³-hybridized carbons (Fsp3) is 0.571. The average molecular weight is 634 g/mol. The summed E-state index contributed by atoms with van der Waals surface area (Å²) in [6, 6.07) is 16.2. The maximum atomic E-state index is 14.0. The zero-order chi connectivity index (χ0) is 31.7. The first-order chi connectivity index (χ1) is 21.6. The van der Waals surface area contributed by atoms with Crippen molar-refractivity contribution in [3.05, 3.63) is 59.7 Å². The number of nitrogens with one attached hydrogen (secondary N) is 1. The molecule has 2 N–H and O–H groups in total. The third-order valence-corrected chi connectivity index (χ3v) is 11.2. The number of thioether (sulfide) groups is 1. The van der Waals surface area contributed by atoms with E-state index in [1.807, 2.05) is 51.1 Å². The predicted octanol–water partition coefficient (Wildman–Crippen LogP) is 5.46. The van der Waals surface area contributed by atoms with E-state index in [9.17, 15) is 19.5 Å². The van der Waals surface area contributed by atoms with E-state index < -0.39 is 5.25 Å². The largest absolute Gasteiger partial charge is 0.393 e. The van der Waals surface area contributed by atoms with E-state index in [-0.39, 0.29) is 47.2 Å². The lowest BCUT2D eigenvalue weighted by Crippen LogP contribution is -2.51. The first kappa shape index (κ1) is 31.7. The number of carbonyl (C=O) groups excluding carboxylic acids is 3. The Morgan fingerprint density at radius 3 is 2.38 bits per heavy atom. The van der Waals surface area contributed by atoms with Crippen molar-refractivity contribution in [2.45, 2.75) is 88.6 Å². The van der Waals surface area contributed by atoms with Gasteiger partial charge in [-0.1, -0.05) is 57.2 Å². The number of nitrogens with zero attached hydrogens (tertiary/aromatic N) is 4. The molecule has 10 heteroatoms. The maximum Gasteiger partial charge on any atom is 0.322 e. The van der Waals surface area contributed by atoms with E-state index in [1.165, 1.54) is 0 Å². The number of anilines is 2. The Morgan fingerprint density at radius 1 is 0.956 bits per heavy atom. The Hall–Kier alpha value is -3.24. The Kier molecular flexibility index (Phi) is 9.34. The zero-order valence-corrected chi connectivity index (χ0v) is 27.6. The van der Waals surface area contributed by atoms with Gasteiger partial charge in [0.15, 0.2) is 0 Å². The first-order valence-electron chi connectivity index (χ1n) is 16.5. The lowest BCUT2D eigenvalue weighted by atomic mass is 9.92. The van der Waals surface area contributed by atoms with E-state index in [0.29, 0.717) is 26.2 Å².